The Bertz CT molecular complexity index is 1410. The monoisotopic (exact) mass is 502 g/mol. The minimum atomic E-state index is -0.438. The summed E-state index contributed by atoms with van der Waals surface area (Å²) >= 11 is 1.36. The summed E-state index contributed by atoms with van der Waals surface area (Å²) in [5, 5.41) is 4.80. The number of carbonyl (C=O) groups is 2. The normalized spacial score (nSPS) is 11.1. The number of para-hydroxylation sites is 2. The van der Waals surface area contributed by atoms with Crippen molar-refractivity contribution in [3.05, 3.63) is 83.4 Å². The summed E-state index contributed by atoms with van der Waals surface area (Å²) in [4.78, 5) is 28.4. The molecule has 4 rings (SSSR count). The van der Waals surface area contributed by atoms with Gasteiger partial charge >= 0.3 is 5.97 Å². The van der Waals surface area contributed by atoms with Crippen LogP contribution in [0.15, 0.2) is 77.0 Å². The smallest absolute Gasteiger partial charge is 0.308 e. The zero-order chi connectivity index (χ0) is 25.5. The molecule has 3 aromatic carbocycles. The molecule has 1 aromatic heterocycles. The van der Waals surface area contributed by atoms with E-state index < -0.39 is 5.97 Å². The Labute approximate surface area is 213 Å². The molecule has 0 radical (unpaired) electrons. The number of esters is 1. The second-order valence-electron chi connectivity index (χ2n) is 8.04. The molecule has 0 fully saturated rings. The van der Waals surface area contributed by atoms with E-state index in [-0.39, 0.29) is 11.7 Å². The lowest BCUT2D eigenvalue weighted by atomic mass is 10.1. The highest BCUT2D eigenvalue weighted by molar-refractivity contribution is 7.99. The Balaban J connectivity index is 1.41. The minimum Gasteiger partial charge on any atom is -0.493 e. The van der Waals surface area contributed by atoms with E-state index in [9.17, 15) is 9.59 Å². The van der Waals surface area contributed by atoms with E-state index in [1.165, 1.54) is 37.6 Å². The van der Waals surface area contributed by atoms with Gasteiger partial charge in [0.25, 0.3) is 5.91 Å². The van der Waals surface area contributed by atoms with Crippen LogP contribution >= 0.6 is 11.8 Å². The highest BCUT2D eigenvalue weighted by Gasteiger charge is 2.13. The maximum absolute atomic E-state index is 12.5. The molecule has 0 unspecified atom stereocenters. The number of aromatic nitrogens is 2. The van der Waals surface area contributed by atoms with Gasteiger partial charge in [-0.25, -0.2) is 10.4 Å². The number of nitrogens with zero attached hydrogens (tertiary/aromatic N) is 3. The number of fused-ring (bicyclic) bond motifs is 1. The maximum Gasteiger partial charge on any atom is 0.308 e. The third kappa shape index (κ3) is 6.31. The number of methoxy groups -OCH3 is 1. The molecule has 0 saturated heterocycles. The number of aryl methyl sites for hydroxylation is 1. The number of ether oxygens (including phenoxy) is 2. The summed E-state index contributed by atoms with van der Waals surface area (Å²) in [6.07, 6.45) is 1.50. The van der Waals surface area contributed by atoms with E-state index in [0.29, 0.717) is 23.6 Å². The number of nitrogens with one attached hydrogen (secondary N) is 1. The van der Waals surface area contributed by atoms with Gasteiger partial charge < -0.3 is 14.0 Å². The summed E-state index contributed by atoms with van der Waals surface area (Å²) < 4.78 is 12.5. The van der Waals surface area contributed by atoms with Gasteiger partial charge in [0, 0.05) is 6.92 Å². The van der Waals surface area contributed by atoms with Gasteiger partial charge in [-0.3, -0.25) is 9.59 Å². The van der Waals surface area contributed by atoms with Gasteiger partial charge in [0.15, 0.2) is 16.7 Å². The summed E-state index contributed by atoms with van der Waals surface area (Å²) in [5.41, 5.74) is 7.49. The molecule has 9 heteroatoms. The first kappa shape index (κ1) is 25.0. The number of thioether (sulfide) groups is 1. The average Bonchev–Trinajstić information content (AvgIpc) is 3.22. The number of hydrogen-bond acceptors (Lipinski definition) is 7. The van der Waals surface area contributed by atoms with E-state index in [2.05, 4.69) is 46.3 Å². The number of imidazole rings is 1. The van der Waals surface area contributed by atoms with Crippen LogP contribution in [0.3, 0.4) is 0 Å². The van der Waals surface area contributed by atoms with E-state index in [4.69, 9.17) is 14.5 Å². The standard InChI is InChI=1S/C27H26N4O4S/c1-18-8-10-20(11-9-18)16-31-23-7-5-4-6-22(23)29-27(31)36-17-26(33)30-28-15-21-12-13-24(35-19(2)32)25(14-21)34-3/h4-15H,16-17H2,1-3H3,(H,30,33)/b28-15+. The molecular weight excluding hydrogens is 476 g/mol. The predicted molar refractivity (Wildman–Crippen MR) is 141 cm³/mol. The number of benzene rings is 3. The lowest BCUT2D eigenvalue weighted by Crippen LogP contribution is -2.20. The van der Waals surface area contributed by atoms with Crippen molar-refractivity contribution in [2.45, 2.75) is 25.5 Å². The third-order valence-corrected chi connectivity index (χ3v) is 6.23. The fourth-order valence-corrected chi connectivity index (χ4v) is 4.34. The lowest BCUT2D eigenvalue weighted by molar-refractivity contribution is -0.132. The summed E-state index contributed by atoms with van der Waals surface area (Å²) in [6.45, 7) is 4.04. The lowest BCUT2D eigenvalue weighted by Gasteiger charge is -2.09. The average molecular weight is 503 g/mol. The molecule has 1 N–H and O–H groups in total. The fourth-order valence-electron chi connectivity index (χ4n) is 3.54. The highest BCUT2D eigenvalue weighted by Crippen LogP contribution is 2.28. The van der Waals surface area contributed by atoms with E-state index in [1.807, 2.05) is 24.3 Å². The molecule has 0 atom stereocenters. The largest absolute Gasteiger partial charge is 0.493 e. The van der Waals surface area contributed by atoms with Crippen molar-refractivity contribution in [3.8, 4) is 11.5 Å². The molecule has 0 aliphatic heterocycles. The third-order valence-electron chi connectivity index (χ3n) is 5.26. The van der Waals surface area contributed by atoms with Crippen LogP contribution in [0.2, 0.25) is 0 Å². The van der Waals surface area contributed by atoms with Crippen molar-refractivity contribution in [3.63, 3.8) is 0 Å². The van der Waals surface area contributed by atoms with Crippen LogP contribution in [0.5, 0.6) is 11.5 Å². The van der Waals surface area contributed by atoms with Gasteiger partial charge in [-0.2, -0.15) is 5.10 Å². The topological polar surface area (TPSA) is 94.8 Å². The van der Waals surface area contributed by atoms with Crippen molar-refractivity contribution in [2.24, 2.45) is 5.10 Å². The molecular formula is C27H26N4O4S. The predicted octanol–water partition coefficient (Wildman–Crippen LogP) is 4.57. The molecule has 8 nitrogen and oxygen atoms in total. The molecule has 1 amide bonds. The van der Waals surface area contributed by atoms with Crippen LogP contribution < -0.4 is 14.9 Å². The first-order valence-electron chi connectivity index (χ1n) is 11.2. The van der Waals surface area contributed by atoms with Gasteiger partial charge in [-0.15, -0.1) is 0 Å². The molecule has 36 heavy (non-hydrogen) atoms. The van der Waals surface area contributed by atoms with Crippen molar-refractivity contribution < 1.29 is 19.1 Å². The second-order valence-corrected chi connectivity index (χ2v) is 8.98. The van der Waals surface area contributed by atoms with Crippen molar-refractivity contribution in [1.82, 2.24) is 15.0 Å². The van der Waals surface area contributed by atoms with Crippen molar-refractivity contribution >= 4 is 40.9 Å². The maximum atomic E-state index is 12.5. The minimum absolute atomic E-state index is 0.156. The van der Waals surface area contributed by atoms with E-state index >= 15 is 0 Å². The Kier molecular flexibility index (Phi) is 8.02. The van der Waals surface area contributed by atoms with Crippen LogP contribution in [0.4, 0.5) is 0 Å². The number of rotatable bonds is 9. The molecule has 4 aromatic rings. The van der Waals surface area contributed by atoms with Crippen LogP contribution in [0.25, 0.3) is 11.0 Å². The van der Waals surface area contributed by atoms with Gasteiger partial charge in [0.2, 0.25) is 0 Å². The summed E-state index contributed by atoms with van der Waals surface area (Å²) in [7, 11) is 1.48. The van der Waals surface area contributed by atoms with Crippen LogP contribution in [0.1, 0.15) is 23.6 Å². The van der Waals surface area contributed by atoms with Crippen LogP contribution in [0, 0.1) is 6.92 Å². The van der Waals surface area contributed by atoms with Crippen molar-refractivity contribution in [1.29, 1.82) is 0 Å². The molecule has 0 saturated carbocycles. The van der Waals surface area contributed by atoms with Gasteiger partial charge in [-0.1, -0.05) is 53.7 Å². The zero-order valence-electron chi connectivity index (χ0n) is 20.2. The van der Waals surface area contributed by atoms with E-state index in [0.717, 1.165) is 21.8 Å². The van der Waals surface area contributed by atoms with Gasteiger partial charge in [0.1, 0.15) is 0 Å². The molecule has 0 aliphatic rings. The zero-order valence-corrected chi connectivity index (χ0v) is 21.0. The Morgan fingerprint density at radius 3 is 2.61 bits per heavy atom. The Morgan fingerprint density at radius 2 is 1.86 bits per heavy atom. The quantitative estimate of drug-likeness (QED) is 0.118. The Morgan fingerprint density at radius 1 is 1.08 bits per heavy atom. The molecule has 184 valence electrons. The van der Waals surface area contributed by atoms with Gasteiger partial charge in [0.05, 0.1) is 36.7 Å². The summed E-state index contributed by atoms with van der Waals surface area (Å²) in [6, 6.07) is 21.3. The second kappa shape index (κ2) is 11.5. The van der Waals surface area contributed by atoms with E-state index in [1.54, 1.807) is 18.2 Å². The SMILES string of the molecule is COc1cc(/C=N/NC(=O)CSc2nc3ccccc3n2Cc2ccc(C)cc2)ccc1OC(C)=O. The summed E-state index contributed by atoms with van der Waals surface area (Å²) in [5.74, 6) is 0.170. The first-order chi connectivity index (χ1) is 17.4. The number of carbonyl (C=O) groups excluding carboxylic acids is 2. The number of hydrogen-bond donors (Lipinski definition) is 1. The molecule has 0 spiro atoms. The fraction of sp³-hybridized carbons (Fsp3) is 0.185. The first-order valence-corrected chi connectivity index (χ1v) is 12.2. The number of amides is 1. The number of hydrazone groups is 1. The van der Waals surface area contributed by atoms with Crippen LogP contribution in [-0.2, 0) is 16.1 Å². The Hall–Kier alpha value is -4.11. The molecule has 0 bridgehead atoms. The van der Waals surface area contributed by atoms with Crippen LogP contribution in [-0.4, -0.2) is 40.5 Å². The highest BCUT2D eigenvalue weighted by atomic mass is 32.2. The molecule has 1 heterocycles. The van der Waals surface area contributed by atoms with Crippen molar-refractivity contribution in [2.75, 3.05) is 12.9 Å². The van der Waals surface area contributed by atoms with Gasteiger partial charge in [-0.05, 0) is 48.4 Å². The molecule has 0 aliphatic carbocycles.